The Morgan fingerprint density at radius 2 is 2.42 bits per heavy atom. The molecule has 0 spiro atoms. The van der Waals surface area contributed by atoms with E-state index in [2.05, 4.69) is 24.1 Å². The lowest BCUT2D eigenvalue weighted by atomic mass is 9.94. The Kier molecular flexibility index (Phi) is 4.86. The highest BCUT2D eigenvalue weighted by atomic mass is 32.2. The second kappa shape index (κ2) is 6.24. The molecule has 1 aromatic heterocycles. The molecule has 1 atom stereocenters. The first-order valence-corrected chi connectivity index (χ1v) is 8.33. The number of rotatable bonds is 7. The van der Waals surface area contributed by atoms with Crippen LogP contribution in [0.3, 0.4) is 0 Å². The van der Waals surface area contributed by atoms with Crippen molar-refractivity contribution in [3.05, 3.63) is 11.6 Å². The number of thiazole rings is 1. The predicted molar refractivity (Wildman–Crippen MR) is 78.6 cm³/mol. The average molecular weight is 300 g/mol. The maximum Gasteiger partial charge on any atom is 0.327 e. The van der Waals surface area contributed by atoms with Crippen LogP contribution in [0.5, 0.6) is 0 Å². The Labute approximate surface area is 122 Å². The van der Waals surface area contributed by atoms with E-state index in [1.807, 2.05) is 5.38 Å². The van der Waals surface area contributed by atoms with Gasteiger partial charge in [-0.1, -0.05) is 11.8 Å². The number of nitrogens with one attached hydrogen (secondary N) is 1. The molecule has 0 bridgehead atoms. The summed E-state index contributed by atoms with van der Waals surface area (Å²) in [4.78, 5) is 16.6. The van der Waals surface area contributed by atoms with Crippen LogP contribution >= 0.6 is 23.1 Å². The van der Waals surface area contributed by atoms with Gasteiger partial charge in [-0.15, -0.1) is 11.3 Å². The number of carbonyl (C=O) groups is 1. The second-order valence-electron chi connectivity index (χ2n) is 5.12. The molecule has 1 heterocycles. The molecule has 2 rings (SSSR count). The molecule has 106 valence electrons. The van der Waals surface area contributed by atoms with E-state index in [9.17, 15) is 4.79 Å². The lowest BCUT2D eigenvalue weighted by Gasteiger charge is -2.33. The number of hydrogen-bond donors (Lipinski definition) is 1. The van der Waals surface area contributed by atoms with Gasteiger partial charge < -0.3 is 4.74 Å². The first kappa shape index (κ1) is 14.8. The van der Waals surface area contributed by atoms with Crippen molar-refractivity contribution in [2.45, 2.75) is 42.6 Å². The van der Waals surface area contributed by atoms with Crippen LogP contribution in [0.4, 0.5) is 0 Å². The van der Waals surface area contributed by atoms with Gasteiger partial charge in [0.25, 0.3) is 0 Å². The molecular weight excluding hydrogens is 280 g/mol. The van der Waals surface area contributed by atoms with Gasteiger partial charge in [-0.3, -0.25) is 10.1 Å². The van der Waals surface area contributed by atoms with Crippen LogP contribution in [0.15, 0.2) is 15.9 Å². The summed E-state index contributed by atoms with van der Waals surface area (Å²) in [5.41, 5.74) is -0.570. The van der Waals surface area contributed by atoms with Crippen molar-refractivity contribution >= 4 is 29.1 Å². The van der Waals surface area contributed by atoms with Gasteiger partial charge in [0.2, 0.25) is 0 Å². The van der Waals surface area contributed by atoms with Crippen LogP contribution in [0.1, 0.15) is 26.7 Å². The highest BCUT2D eigenvalue weighted by molar-refractivity contribution is 8.01. The first-order chi connectivity index (χ1) is 9.08. The molecule has 1 N–H and O–H groups in total. The topological polar surface area (TPSA) is 51.2 Å². The number of methoxy groups -OCH3 is 1. The van der Waals surface area contributed by atoms with Crippen molar-refractivity contribution in [3.8, 4) is 0 Å². The van der Waals surface area contributed by atoms with E-state index in [4.69, 9.17) is 4.74 Å². The molecule has 0 amide bonds. The molecule has 1 aliphatic carbocycles. The van der Waals surface area contributed by atoms with Gasteiger partial charge in [-0.2, -0.15) is 0 Å². The molecule has 19 heavy (non-hydrogen) atoms. The zero-order chi connectivity index (χ0) is 13.9. The summed E-state index contributed by atoms with van der Waals surface area (Å²) >= 11 is 3.24. The van der Waals surface area contributed by atoms with Gasteiger partial charge in [-0.25, -0.2) is 4.98 Å². The molecule has 1 saturated carbocycles. The summed E-state index contributed by atoms with van der Waals surface area (Å²) < 4.78 is 6.06. The van der Waals surface area contributed by atoms with E-state index >= 15 is 0 Å². The summed E-state index contributed by atoms with van der Waals surface area (Å²) in [6.45, 7) is 4.13. The highest BCUT2D eigenvalue weighted by Crippen LogP contribution is 2.43. The van der Waals surface area contributed by atoms with Gasteiger partial charge in [-0.05, 0) is 32.6 Å². The second-order valence-corrected chi connectivity index (χ2v) is 7.24. The van der Waals surface area contributed by atoms with Crippen molar-refractivity contribution in [2.24, 2.45) is 5.92 Å². The van der Waals surface area contributed by atoms with Gasteiger partial charge in [0, 0.05) is 23.4 Å². The van der Waals surface area contributed by atoms with Crippen LogP contribution in [-0.4, -0.2) is 35.4 Å². The molecule has 0 aliphatic heterocycles. The van der Waals surface area contributed by atoms with Crippen LogP contribution in [0.2, 0.25) is 0 Å². The molecule has 1 aromatic rings. The van der Waals surface area contributed by atoms with E-state index < -0.39 is 5.54 Å². The fraction of sp³-hybridized carbons (Fsp3) is 0.692. The zero-order valence-corrected chi connectivity index (χ0v) is 13.1. The third kappa shape index (κ3) is 3.49. The molecule has 1 unspecified atom stereocenters. The van der Waals surface area contributed by atoms with Gasteiger partial charge in [0.15, 0.2) is 0 Å². The largest absolute Gasteiger partial charge is 0.468 e. The van der Waals surface area contributed by atoms with Gasteiger partial charge >= 0.3 is 5.97 Å². The number of ether oxygens (including phenoxy) is 1. The molecule has 0 aromatic carbocycles. The molecule has 6 heteroatoms. The number of esters is 1. The summed E-state index contributed by atoms with van der Waals surface area (Å²) in [6, 6.07) is 0.247. The lowest BCUT2D eigenvalue weighted by Crippen LogP contribution is -2.59. The van der Waals surface area contributed by atoms with Crippen LogP contribution in [-0.2, 0) is 9.53 Å². The fourth-order valence-corrected chi connectivity index (χ4v) is 4.19. The smallest absolute Gasteiger partial charge is 0.327 e. The molecule has 4 nitrogen and oxygen atoms in total. The van der Waals surface area contributed by atoms with Crippen LogP contribution in [0, 0.1) is 5.92 Å². The summed E-state index contributed by atoms with van der Waals surface area (Å²) in [6.07, 6.45) is 3.97. The van der Waals surface area contributed by atoms with E-state index in [1.54, 1.807) is 29.3 Å². The summed E-state index contributed by atoms with van der Waals surface area (Å²) in [7, 11) is 1.47. The number of thioether (sulfide) groups is 1. The molecule has 1 fully saturated rings. The average Bonchev–Trinajstić information content (AvgIpc) is 3.11. The van der Waals surface area contributed by atoms with E-state index in [-0.39, 0.29) is 12.0 Å². The minimum atomic E-state index is -0.570. The molecule has 1 aliphatic rings. The summed E-state index contributed by atoms with van der Waals surface area (Å²) in [5.74, 6) is 0.915. The van der Waals surface area contributed by atoms with Crippen LogP contribution < -0.4 is 5.32 Å². The molecule has 0 radical (unpaired) electrons. The first-order valence-electron chi connectivity index (χ1n) is 6.47. The van der Waals surface area contributed by atoms with E-state index in [0.717, 1.165) is 17.2 Å². The Morgan fingerprint density at radius 3 is 2.89 bits per heavy atom. The third-order valence-corrected chi connectivity index (χ3v) is 5.36. The SMILES string of the molecule is COC(=O)C(CSc1nccs1)(NC(C)C)C1CC1. The highest BCUT2D eigenvalue weighted by Gasteiger charge is 2.52. The van der Waals surface area contributed by atoms with Gasteiger partial charge in [0.05, 0.1) is 7.11 Å². The van der Waals surface area contributed by atoms with E-state index in [1.165, 1.54) is 7.11 Å². The van der Waals surface area contributed by atoms with Gasteiger partial charge in [0.1, 0.15) is 9.88 Å². The minimum absolute atomic E-state index is 0.146. The number of hydrogen-bond acceptors (Lipinski definition) is 6. The number of nitrogens with zero attached hydrogens (tertiary/aromatic N) is 1. The third-order valence-electron chi connectivity index (χ3n) is 3.20. The van der Waals surface area contributed by atoms with Crippen molar-refractivity contribution in [1.29, 1.82) is 0 Å². The lowest BCUT2D eigenvalue weighted by molar-refractivity contribution is -0.148. The quantitative estimate of drug-likeness (QED) is 0.619. The number of carbonyl (C=O) groups excluding carboxylic acids is 1. The summed E-state index contributed by atoms with van der Waals surface area (Å²) in [5, 5.41) is 5.40. The molecule has 0 saturated heterocycles. The Bertz CT molecular complexity index is 418. The molecular formula is C13H20N2O2S2. The Hall–Kier alpha value is -0.590. The van der Waals surface area contributed by atoms with Crippen LogP contribution in [0.25, 0.3) is 0 Å². The standard InChI is InChI=1S/C13H20N2O2S2/c1-9(2)15-13(10-4-5-10,11(16)17-3)8-19-12-14-6-7-18-12/h6-7,9-10,15H,4-5,8H2,1-3H3. The fourth-order valence-electron chi connectivity index (χ4n) is 2.29. The Balaban J connectivity index is 2.13. The maximum atomic E-state index is 12.3. The predicted octanol–water partition coefficient (Wildman–Crippen LogP) is 2.56. The zero-order valence-electron chi connectivity index (χ0n) is 11.5. The number of aromatic nitrogens is 1. The van der Waals surface area contributed by atoms with Crippen molar-refractivity contribution in [3.63, 3.8) is 0 Å². The van der Waals surface area contributed by atoms with Crippen molar-refractivity contribution in [1.82, 2.24) is 10.3 Å². The maximum absolute atomic E-state index is 12.3. The van der Waals surface area contributed by atoms with E-state index in [0.29, 0.717) is 11.7 Å². The Morgan fingerprint density at radius 1 is 1.68 bits per heavy atom. The van der Waals surface area contributed by atoms with Crippen molar-refractivity contribution < 1.29 is 9.53 Å². The minimum Gasteiger partial charge on any atom is -0.468 e. The monoisotopic (exact) mass is 300 g/mol. The van der Waals surface area contributed by atoms with Crippen molar-refractivity contribution in [2.75, 3.05) is 12.9 Å². The normalized spacial score (nSPS) is 18.3.